The lowest BCUT2D eigenvalue weighted by Crippen LogP contribution is -2.21. The van der Waals surface area contributed by atoms with E-state index in [2.05, 4.69) is 12.1 Å². The van der Waals surface area contributed by atoms with E-state index in [-0.39, 0.29) is 11.2 Å². The Morgan fingerprint density at radius 2 is 1.40 bits per heavy atom. The molecule has 0 bridgehead atoms. The topological polar surface area (TPSA) is 22.0 Å². The van der Waals surface area contributed by atoms with Crippen LogP contribution in [0.4, 0.5) is 0 Å². The Bertz CT molecular complexity index is 1020. The number of carbonyl (C=O) groups is 1. The maximum Gasteiger partial charge on any atom is 0.244 e. The molecule has 4 rings (SSSR count). The van der Waals surface area contributed by atoms with Crippen LogP contribution in [0.2, 0.25) is 5.02 Å². The van der Waals surface area contributed by atoms with Crippen molar-refractivity contribution in [2.24, 2.45) is 0 Å². The van der Waals surface area contributed by atoms with Crippen LogP contribution >= 0.6 is 23.4 Å². The Labute approximate surface area is 155 Å². The highest BCUT2D eigenvalue weighted by Crippen LogP contribution is 2.32. The van der Waals surface area contributed by atoms with Gasteiger partial charge in [-0.2, -0.15) is 0 Å². The van der Waals surface area contributed by atoms with Crippen molar-refractivity contribution in [2.45, 2.75) is 17.1 Å². The highest BCUT2D eigenvalue weighted by Gasteiger charge is 2.21. The van der Waals surface area contributed by atoms with Gasteiger partial charge in [-0.25, -0.2) is 0 Å². The number of benzene rings is 3. The molecule has 0 aliphatic carbocycles. The van der Waals surface area contributed by atoms with Gasteiger partial charge < -0.3 is 0 Å². The van der Waals surface area contributed by atoms with Crippen LogP contribution < -0.4 is 0 Å². The normalized spacial score (nSPS) is 12.6. The summed E-state index contributed by atoms with van der Waals surface area (Å²) in [6, 6.07) is 23.7. The largest absolute Gasteiger partial charge is 0.279 e. The van der Waals surface area contributed by atoms with Crippen molar-refractivity contribution in [3.8, 4) is 0 Å². The molecule has 1 atom stereocenters. The Morgan fingerprint density at radius 3 is 1.96 bits per heavy atom. The standard InChI is InChI=1S/C21H16ClNOS/c1-14(25-16-12-10-15(22)11-13-16)21(24)23-19-8-4-2-6-17(19)18-7-3-5-9-20(18)23/h2-14H,1H3. The van der Waals surface area contributed by atoms with Crippen molar-refractivity contribution in [1.82, 2.24) is 4.57 Å². The molecule has 3 aromatic carbocycles. The molecular weight excluding hydrogens is 350 g/mol. The maximum atomic E-state index is 13.2. The van der Waals surface area contributed by atoms with Gasteiger partial charge in [0.25, 0.3) is 0 Å². The predicted molar refractivity (Wildman–Crippen MR) is 107 cm³/mol. The fraction of sp³-hybridized carbons (Fsp3) is 0.0952. The summed E-state index contributed by atoms with van der Waals surface area (Å²) in [7, 11) is 0. The van der Waals surface area contributed by atoms with Crippen LogP contribution in [0.15, 0.2) is 77.7 Å². The van der Waals surface area contributed by atoms with Crippen LogP contribution in [0.1, 0.15) is 11.7 Å². The summed E-state index contributed by atoms with van der Waals surface area (Å²) in [6.45, 7) is 1.95. The highest BCUT2D eigenvalue weighted by atomic mass is 35.5. The number of para-hydroxylation sites is 2. The Balaban J connectivity index is 1.77. The van der Waals surface area contributed by atoms with E-state index in [9.17, 15) is 4.79 Å². The van der Waals surface area contributed by atoms with E-state index in [0.717, 1.165) is 26.7 Å². The minimum Gasteiger partial charge on any atom is -0.279 e. The molecule has 0 fully saturated rings. The molecule has 124 valence electrons. The molecule has 2 nitrogen and oxygen atoms in total. The minimum absolute atomic E-state index is 0.0809. The number of hydrogen-bond acceptors (Lipinski definition) is 2. The SMILES string of the molecule is CC(Sc1ccc(Cl)cc1)C(=O)n1c2ccccc2c2ccccc21. The number of nitrogens with zero attached hydrogens (tertiary/aromatic N) is 1. The second kappa shape index (κ2) is 6.58. The second-order valence-corrected chi connectivity index (χ2v) is 7.77. The van der Waals surface area contributed by atoms with E-state index in [4.69, 9.17) is 11.6 Å². The van der Waals surface area contributed by atoms with E-state index in [0.29, 0.717) is 5.02 Å². The third-order valence-corrected chi connectivity index (χ3v) is 5.63. The smallest absolute Gasteiger partial charge is 0.244 e. The van der Waals surface area contributed by atoms with E-state index in [1.54, 1.807) is 11.8 Å². The summed E-state index contributed by atoms with van der Waals surface area (Å²) >= 11 is 7.49. The average molecular weight is 366 g/mol. The highest BCUT2D eigenvalue weighted by molar-refractivity contribution is 8.00. The van der Waals surface area contributed by atoms with Crippen molar-refractivity contribution in [3.05, 3.63) is 77.8 Å². The van der Waals surface area contributed by atoms with Crippen LogP contribution in [-0.4, -0.2) is 15.7 Å². The van der Waals surface area contributed by atoms with Crippen molar-refractivity contribution < 1.29 is 4.79 Å². The van der Waals surface area contributed by atoms with Crippen LogP contribution in [0.5, 0.6) is 0 Å². The number of thioether (sulfide) groups is 1. The van der Waals surface area contributed by atoms with Gasteiger partial charge in [0, 0.05) is 20.7 Å². The van der Waals surface area contributed by atoms with Gasteiger partial charge in [0.1, 0.15) is 0 Å². The third-order valence-electron chi connectivity index (χ3n) is 4.27. The molecule has 0 spiro atoms. The fourth-order valence-electron chi connectivity index (χ4n) is 3.11. The molecule has 0 radical (unpaired) electrons. The molecule has 1 unspecified atom stereocenters. The van der Waals surface area contributed by atoms with E-state index in [1.165, 1.54) is 0 Å². The van der Waals surface area contributed by atoms with Gasteiger partial charge in [-0.1, -0.05) is 48.0 Å². The van der Waals surface area contributed by atoms with Crippen molar-refractivity contribution >= 4 is 51.1 Å². The zero-order chi connectivity index (χ0) is 17.4. The van der Waals surface area contributed by atoms with Crippen LogP contribution in [-0.2, 0) is 0 Å². The van der Waals surface area contributed by atoms with E-state index < -0.39 is 0 Å². The number of halogens is 1. The molecule has 0 amide bonds. The fourth-order valence-corrected chi connectivity index (χ4v) is 4.14. The Hall–Kier alpha value is -2.23. The Morgan fingerprint density at radius 1 is 0.880 bits per heavy atom. The van der Waals surface area contributed by atoms with Crippen LogP contribution in [0, 0.1) is 0 Å². The van der Waals surface area contributed by atoms with Crippen LogP contribution in [0.25, 0.3) is 21.8 Å². The molecule has 4 aromatic rings. The van der Waals surface area contributed by atoms with Crippen molar-refractivity contribution in [3.63, 3.8) is 0 Å². The molecule has 0 saturated carbocycles. The lowest BCUT2D eigenvalue weighted by Gasteiger charge is -2.13. The first-order chi connectivity index (χ1) is 12.1. The number of hydrogen-bond donors (Lipinski definition) is 0. The number of rotatable bonds is 3. The zero-order valence-corrected chi connectivity index (χ0v) is 15.2. The summed E-state index contributed by atoms with van der Waals surface area (Å²) in [5.41, 5.74) is 1.91. The first-order valence-corrected chi connectivity index (χ1v) is 9.35. The molecule has 4 heteroatoms. The van der Waals surface area contributed by atoms with Gasteiger partial charge in [0.15, 0.2) is 0 Å². The van der Waals surface area contributed by atoms with Gasteiger partial charge >= 0.3 is 0 Å². The van der Waals surface area contributed by atoms with Gasteiger partial charge in [-0.15, -0.1) is 11.8 Å². The summed E-state index contributed by atoms with van der Waals surface area (Å²) in [6.07, 6.45) is 0. The second-order valence-electron chi connectivity index (χ2n) is 5.92. The Kier molecular flexibility index (Phi) is 4.28. The predicted octanol–water partition coefficient (Wildman–Crippen LogP) is 6.27. The third kappa shape index (κ3) is 2.94. The molecule has 1 aromatic heterocycles. The average Bonchev–Trinajstić information content (AvgIpc) is 2.97. The summed E-state index contributed by atoms with van der Waals surface area (Å²) in [5, 5.41) is 2.71. The molecule has 0 N–H and O–H groups in total. The molecule has 25 heavy (non-hydrogen) atoms. The van der Waals surface area contributed by atoms with Gasteiger partial charge in [-0.05, 0) is 43.3 Å². The summed E-state index contributed by atoms with van der Waals surface area (Å²) in [4.78, 5) is 14.3. The maximum absolute atomic E-state index is 13.2. The number of fused-ring (bicyclic) bond motifs is 3. The first-order valence-electron chi connectivity index (χ1n) is 8.10. The quantitative estimate of drug-likeness (QED) is 0.399. The molecule has 0 aliphatic heterocycles. The molecule has 1 heterocycles. The lowest BCUT2D eigenvalue weighted by atomic mass is 10.2. The molecule has 0 saturated heterocycles. The van der Waals surface area contributed by atoms with Gasteiger partial charge in [0.2, 0.25) is 5.91 Å². The molecular formula is C21H16ClNOS. The lowest BCUT2D eigenvalue weighted by molar-refractivity contribution is 0.0925. The van der Waals surface area contributed by atoms with E-state index in [1.807, 2.05) is 72.2 Å². The monoisotopic (exact) mass is 365 g/mol. The summed E-state index contributed by atoms with van der Waals surface area (Å²) in [5.74, 6) is 0.0809. The van der Waals surface area contributed by atoms with Crippen LogP contribution in [0.3, 0.4) is 0 Å². The number of aromatic nitrogens is 1. The van der Waals surface area contributed by atoms with E-state index >= 15 is 0 Å². The first kappa shape index (κ1) is 16.2. The molecule has 0 aliphatic rings. The zero-order valence-electron chi connectivity index (χ0n) is 13.6. The summed E-state index contributed by atoms with van der Waals surface area (Å²) < 4.78 is 1.85. The van der Waals surface area contributed by atoms with Gasteiger partial charge in [-0.3, -0.25) is 9.36 Å². The number of carbonyl (C=O) groups excluding carboxylic acids is 1. The van der Waals surface area contributed by atoms with Crippen molar-refractivity contribution in [1.29, 1.82) is 0 Å². The van der Waals surface area contributed by atoms with Crippen molar-refractivity contribution in [2.75, 3.05) is 0 Å². The minimum atomic E-state index is -0.208. The van der Waals surface area contributed by atoms with Gasteiger partial charge in [0.05, 0.1) is 16.3 Å².